The number of anilines is 1. The van der Waals surface area contributed by atoms with Crippen molar-refractivity contribution in [3.63, 3.8) is 0 Å². The molecule has 2 aromatic rings. The Labute approximate surface area is 107 Å². The van der Waals surface area contributed by atoms with E-state index in [1.807, 2.05) is 40.0 Å². The molecule has 0 radical (unpaired) electrons. The minimum absolute atomic E-state index is 0.553. The Balaban J connectivity index is 2.30. The smallest absolute Gasteiger partial charge is 0.224 e. The first-order valence-corrected chi connectivity index (χ1v) is 5.86. The van der Waals surface area contributed by atoms with Crippen LogP contribution in [0.1, 0.15) is 17.0 Å². The molecule has 0 fully saturated rings. The molecule has 0 amide bonds. The van der Waals surface area contributed by atoms with Gasteiger partial charge in [0.2, 0.25) is 5.88 Å². The summed E-state index contributed by atoms with van der Waals surface area (Å²) in [7, 11) is 1.82. The summed E-state index contributed by atoms with van der Waals surface area (Å²) in [5.74, 6) is 2.78. The van der Waals surface area contributed by atoms with Gasteiger partial charge in [-0.25, -0.2) is 4.98 Å². The lowest BCUT2D eigenvalue weighted by Gasteiger charge is -2.09. The van der Waals surface area contributed by atoms with Crippen molar-refractivity contribution >= 4 is 5.82 Å². The van der Waals surface area contributed by atoms with E-state index in [9.17, 15) is 0 Å². The summed E-state index contributed by atoms with van der Waals surface area (Å²) >= 11 is 0. The van der Waals surface area contributed by atoms with Crippen molar-refractivity contribution in [2.45, 2.75) is 20.8 Å². The molecule has 0 spiro atoms. The van der Waals surface area contributed by atoms with Crippen molar-refractivity contribution in [1.82, 2.24) is 9.97 Å². The van der Waals surface area contributed by atoms with Gasteiger partial charge in [-0.1, -0.05) is 6.07 Å². The van der Waals surface area contributed by atoms with E-state index in [4.69, 9.17) is 4.74 Å². The van der Waals surface area contributed by atoms with E-state index in [2.05, 4.69) is 21.4 Å². The molecule has 0 aliphatic rings. The molecule has 1 aromatic carbocycles. The molecule has 1 heterocycles. The summed E-state index contributed by atoms with van der Waals surface area (Å²) in [5.41, 5.74) is 2.34. The Hall–Kier alpha value is -2.10. The summed E-state index contributed by atoms with van der Waals surface area (Å²) < 4.78 is 5.77. The Bertz CT molecular complexity index is 547. The van der Waals surface area contributed by atoms with Crippen molar-refractivity contribution in [2.75, 3.05) is 12.4 Å². The van der Waals surface area contributed by atoms with Gasteiger partial charge in [-0.05, 0) is 44.0 Å². The Morgan fingerprint density at radius 2 is 1.61 bits per heavy atom. The molecule has 0 aliphatic heterocycles. The predicted molar refractivity (Wildman–Crippen MR) is 72.3 cm³/mol. The molecule has 0 atom stereocenters. The second kappa shape index (κ2) is 5.04. The van der Waals surface area contributed by atoms with Crippen LogP contribution in [0.4, 0.5) is 5.82 Å². The van der Waals surface area contributed by atoms with Crippen LogP contribution in [0.15, 0.2) is 24.3 Å². The van der Waals surface area contributed by atoms with Gasteiger partial charge >= 0.3 is 0 Å². The van der Waals surface area contributed by atoms with Crippen LogP contribution in [0.2, 0.25) is 0 Å². The van der Waals surface area contributed by atoms with Crippen LogP contribution >= 0.6 is 0 Å². The first-order chi connectivity index (χ1) is 8.56. The van der Waals surface area contributed by atoms with Crippen molar-refractivity contribution < 1.29 is 4.74 Å². The Morgan fingerprint density at radius 1 is 0.944 bits per heavy atom. The number of aromatic nitrogens is 2. The zero-order valence-electron chi connectivity index (χ0n) is 11.1. The zero-order chi connectivity index (χ0) is 13.1. The highest BCUT2D eigenvalue weighted by molar-refractivity contribution is 5.40. The molecule has 4 heteroatoms. The first kappa shape index (κ1) is 12.4. The van der Waals surface area contributed by atoms with Gasteiger partial charge in [0.15, 0.2) is 0 Å². The van der Waals surface area contributed by atoms with Crippen LogP contribution in [0, 0.1) is 20.8 Å². The highest BCUT2D eigenvalue weighted by atomic mass is 16.5. The van der Waals surface area contributed by atoms with Gasteiger partial charge in [-0.3, -0.25) is 0 Å². The maximum atomic E-state index is 5.77. The van der Waals surface area contributed by atoms with Gasteiger partial charge in [0.05, 0.1) is 0 Å². The molecule has 2 rings (SSSR count). The van der Waals surface area contributed by atoms with Crippen LogP contribution in [-0.2, 0) is 0 Å². The highest BCUT2D eigenvalue weighted by Crippen LogP contribution is 2.23. The number of rotatable bonds is 3. The SMILES string of the molecule is CNc1cc(Oc2cc(C)cc(C)c2)nc(C)n1. The molecule has 0 unspecified atom stereocenters. The van der Waals surface area contributed by atoms with Crippen molar-refractivity contribution in [2.24, 2.45) is 0 Å². The highest BCUT2D eigenvalue weighted by Gasteiger charge is 2.04. The number of aryl methyl sites for hydroxylation is 3. The monoisotopic (exact) mass is 243 g/mol. The molecule has 0 saturated carbocycles. The summed E-state index contributed by atoms with van der Waals surface area (Å²) in [6.45, 7) is 5.93. The first-order valence-electron chi connectivity index (χ1n) is 5.86. The average molecular weight is 243 g/mol. The van der Waals surface area contributed by atoms with Crippen LogP contribution in [0.5, 0.6) is 11.6 Å². The lowest BCUT2D eigenvalue weighted by atomic mass is 10.1. The summed E-state index contributed by atoms with van der Waals surface area (Å²) in [5, 5.41) is 2.99. The van der Waals surface area contributed by atoms with E-state index < -0.39 is 0 Å². The van der Waals surface area contributed by atoms with E-state index in [0.717, 1.165) is 11.6 Å². The number of benzene rings is 1. The third kappa shape index (κ3) is 2.97. The largest absolute Gasteiger partial charge is 0.439 e. The average Bonchev–Trinajstić information content (AvgIpc) is 2.26. The molecule has 4 nitrogen and oxygen atoms in total. The van der Waals surface area contributed by atoms with Crippen molar-refractivity contribution in [3.8, 4) is 11.6 Å². The van der Waals surface area contributed by atoms with Crippen LogP contribution in [-0.4, -0.2) is 17.0 Å². The third-order valence-corrected chi connectivity index (χ3v) is 2.49. The molecular weight excluding hydrogens is 226 g/mol. The van der Waals surface area contributed by atoms with Gasteiger partial charge < -0.3 is 10.1 Å². The lowest BCUT2D eigenvalue weighted by Crippen LogP contribution is -1.98. The second-order valence-corrected chi connectivity index (χ2v) is 4.31. The van der Waals surface area contributed by atoms with Crippen LogP contribution in [0.25, 0.3) is 0 Å². The molecule has 1 aromatic heterocycles. The van der Waals surface area contributed by atoms with Gasteiger partial charge in [-0.2, -0.15) is 4.98 Å². The summed E-state index contributed by atoms with van der Waals surface area (Å²) in [6.07, 6.45) is 0. The summed E-state index contributed by atoms with van der Waals surface area (Å²) in [4.78, 5) is 8.49. The van der Waals surface area contributed by atoms with Gasteiger partial charge in [0.1, 0.15) is 17.4 Å². The van der Waals surface area contributed by atoms with Crippen molar-refractivity contribution in [3.05, 3.63) is 41.2 Å². The Kier molecular flexibility index (Phi) is 3.46. The molecule has 0 saturated heterocycles. The standard InChI is InChI=1S/C14H17N3O/c1-9-5-10(2)7-12(6-9)18-14-8-13(15-4)16-11(3)17-14/h5-8H,1-4H3,(H,15,16,17). The molecule has 0 aliphatic carbocycles. The minimum atomic E-state index is 0.553. The Morgan fingerprint density at radius 3 is 2.22 bits per heavy atom. The number of ether oxygens (including phenoxy) is 1. The van der Waals surface area contributed by atoms with Gasteiger partial charge in [-0.15, -0.1) is 0 Å². The topological polar surface area (TPSA) is 47.0 Å². The number of nitrogens with zero attached hydrogens (tertiary/aromatic N) is 2. The van der Waals surface area contributed by atoms with Gasteiger partial charge in [0, 0.05) is 13.1 Å². The lowest BCUT2D eigenvalue weighted by molar-refractivity contribution is 0.459. The van der Waals surface area contributed by atoms with E-state index in [0.29, 0.717) is 11.7 Å². The maximum absolute atomic E-state index is 5.77. The van der Waals surface area contributed by atoms with Crippen LogP contribution < -0.4 is 10.1 Å². The number of nitrogens with one attached hydrogen (secondary N) is 1. The summed E-state index contributed by atoms with van der Waals surface area (Å²) in [6, 6.07) is 7.87. The number of hydrogen-bond donors (Lipinski definition) is 1. The minimum Gasteiger partial charge on any atom is -0.439 e. The molecular formula is C14H17N3O. The van der Waals surface area contributed by atoms with Gasteiger partial charge in [0.25, 0.3) is 0 Å². The third-order valence-electron chi connectivity index (χ3n) is 2.49. The fraction of sp³-hybridized carbons (Fsp3) is 0.286. The normalized spacial score (nSPS) is 10.2. The molecule has 0 bridgehead atoms. The van der Waals surface area contributed by atoms with E-state index in [-0.39, 0.29) is 0 Å². The fourth-order valence-electron chi connectivity index (χ4n) is 1.83. The molecule has 1 N–H and O–H groups in total. The molecule has 18 heavy (non-hydrogen) atoms. The zero-order valence-corrected chi connectivity index (χ0v) is 11.1. The van der Waals surface area contributed by atoms with Crippen molar-refractivity contribution in [1.29, 1.82) is 0 Å². The number of hydrogen-bond acceptors (Lipinski definition) is 4. The predicted octanol–water partition coefficient (Wildman–Crippen LogP) is 3.24. The van der Waals surface area contributed by atoms with Crippen LogP contribution in [0.3, 0.4) is 0 Å². The van der Waals surface area contributed by atoms with E-state index >= 15 is 0 Å². The fourth-order valence-corrected chi connectivity index (χ4v) is 1.83. The van der Waals surface area contributed by atoms with E-state index in [1.165, 1.54) is 11.1 Å². The molecule has 94 valence electrons. The van der Waals surface area contributed by atoms with E-state index in [1.54, 1.807) is 6.07 Å². The second-order valence-electron chi connectivity index (χ2n) is 4.31. The maximum Gasteiger partial charge on any atom is 0.224 e. The quantitative estimate of drug-likeness (QED) is 0.899.